The third-order valence-electron chi connectivity index (χ3n) is 4.96. The number of rotatable bonds is 4. The summed E-state index contributed by atoms with van der Waals surface area (Å²) in [6.45, 7) is 2.01. The number of para-hydroxylation sites is 1. The van der Waals surface area contributed by atoms with E-state index in [0.717, 1.165) is 27.6 Å². The lowest BCUT2D eigenvalue weighted by atomic mass is 10.1. The molecule has 0 saturated carbocycles. The highest BCUT2D eigenvalue weighted by molar-refractivity contribution is 6.08. The largest absolute Gasteiger partial charge is 0.416 e. The molecule has 0 aliphatic heterocycles. The SMILES string of the molecule is Cc1cccc(-c2nnc(-c3ccc(C(=O)Nc4cccc5cccnc45)cc3)o2)c1. The smallest absolute Gasteiger partial charge is 0.255 e. The Morgan fingerprint density at radius 2 is 1.58 bits per heavy atom. The molecular formula is C25H18N4O2. The number of benzene rings is 3. The Hall–Kier alpha value is -4.32. The molecule has 0 spiro atoms. The van der Waals surface area contributed by atoms with E-state index < -0.39 is 0 Å². The van der Waals surface area contributed by atoms with Gasteiger partial charge in [0.05, 0.1) is 11.2 Å². The van der Waals surface area contributed by atoms with Crippen LogP contribution in [-0.2, 0) is 0 Å². The summed E-state index contributed by atoms with van der Waals surface area (Å²) in [6.07, 6.45) is 1.71. The van der Waals surface area contributed by atoms with Crippen molar-refractivity contribution in [3.63, 3.8) is 0 Å². The molecule has 1 N–H and O–H groups in total. The molecule has 0 bridgehead atoms. The molecule has 6 heteroatoms. The Morgan fingerprint density at radius 3 is 2.39 bits per heavy atom. The third-order valence-corrected chi connectivity index (χ3v) is 4.96. The molecule has 31 heavy (non-hydrogen) atoms. The minimum Gasteiger partial charge on any atom is -0.416 e. The maximum Gasteiger partial charge on any atom is 0.255 e. The maximum atomic E-state index is 12.7. The number of fused-ring (bicyclic) bond motifs is 1. The van der Waals surface area contributed by atoms with Crippen LogP contribution in [0.15, 0.2) is 89.5 Å². The first-order valence-corrected chi connectivity index (χ1v) is 9.83. The first kappa shape index (κ1) is 18.7. The van der Waals surface area contributed by atoms with Gasteiger partial charge >= 0.3 is 0 Å². The Kier molecular flexibility index (Phi) is 4.72. The van der Waals surface area contributed by atoms with Crippen molar-refractivity contribution in [2.75, 3.05) is 5.32 Å². The van der Waals surface area contributed by atoms with E-state index in [4.69, 9.17) is 4.42 Å². The highest BCUT2D eigenvalue weighted by Gasteiger charge is 2.13. The molecule has 1 amide bonds. The second-order valence-electron chi connectivity index (χ2n) is 7.19. The molecule has 2 heterocycles. The van der Waals surface area contributed by atoms with Gasteiger partial charge in [-0.3, -0.25) is 9.78 Å². The highest BCUT2D eigenvalue weighted by atomic mass is 16.4. The standard InChI is InChI=1S/C25H18N4O2/c1-16-5-2-7-20(15-16)25-29-28-24(31-25)19-12-10-18(11-13-19)23(30)27-21-9-3-6-17-8-4-14-26-22(17)21/h2-15H,1H3,(H,27,30). The van der Waals surface area contributed by atoms with Gasteiger partial charge < -0.3 is 9.73 Å². The monoisotopic (exact) mass is 406 g/mol. The lowest BCUT2D eigenvalue weighted by molar-refractivity contribution is 0.102. The van der Waals surface area contributed by atoms with Gasteiger partial charge in [-0.1, -0.05) is 35.9 Å². The Balaban J connectivity index is 1.36. The predicted octanol–water partition coefficient (Wildman–Crippen LogP) is 5.51. The summed E-state index contributed by atoms with van der Waals surface area (Å²) in [5, 5.41) is 12.2. The van der Waals surface area contributed by atoms with E-state index in [1.54, 1.807) is 30.5 Å². The zero-order valence-corrected chi connectivity index (χ0v) is 16.7. The fraction of sp³-hybridized carbons (Fsp3) is 0.0400. The van der Waals surface area contributed by atoms with Gasteiger partial charge in [0.15, 0.2) is 0 Å². The number of hydrogen-bond donors (Lipinski definition) is 1. The van der Waals surface area contributed by atoms with Crippen LogP contribution >= 0.6 is 0 Å². The summed E-state index contributed by atoms with van der Waals surface area (Å²) in [5.41, 5.74) is 4.69. The molecule has 0 fully saturated rings. The lowest BCUT2D eigenvalue weighted by Gasteiger charge is -2.08. The summed E-state index contributed by atoms with van der Waals surface area (Å²) < 4.78 is 5.82. The molecule has 6 nitrogen and oxygen atoms in total. The second-order valence-corrected chi connectivity index (χ2v) is 7.19. The van der Waals surface area contributed by atoms with Crippen molar-refractivity contribution < 1.29 is 9.21 Å². The van der Waals surface area contributed by atoms with Crippen molar-refractivity contribution in [3.8, 4) is 22.9 Å². The molecule has 0 aliphatic rings. The van der Waals surface area contributed by atoms with E-state index in [-0.39, 0.29) is 5.91 Å². The van der Waals surface area contributed by atoms with Crippen LogP contribution in [0.1, 0.15) is 15.9 Å². The van der Waals surface area contributed by atoms with Crippen molar-refractivity contribution in [2.24, 2.45) is 0 Å². The number of aryl methyl sites for hydroxylation is 1. The summed E-state index contributed by atoms with van der Waals surface area (Å²) >= 11 is 0. The topological polar surface area (TPSA) is 80.9 Å². The molecule has 5 aromatic rings. The summed E-state index contributed by atoms with van der Waals surface area (Å²) in [5.74, 6) is 0.654. The van der Waals surface area contributed by atoms with E-state index >= 15 is 0 Å². The van der Waals surface area contributed by atoms with Gasteiger partial charge in [-0.2, -0.15) is 0 Å². The molecule has 3 aromatic carbocycles. The predicted molar refractivity (Wildman–Crippen MR) is 120 cm³/mol. The number of hydrogen-bond acceptors (Lipinski definition) is 5. The fourth-order valence-electron chi connectivity index (χ4n) is 3.40. The number of amides is 1. The number of aromatic nitrogens is 3. The van der Waals surface area contributed by atoms with Crippen molar-refractivity contribution >= 4 is 22.5 Å². The first-order valence-electron chi connectivity index (χ1n) is 9.83. The van der Waals surface area contributed by atoms with Crippen LogP contribution in [-0.4, -0.2) is 21.1 Å². The van der Waals surface area contributed by atoms with Gasteiger partial charge in [0.1, 0.15) is 0 Å². The van der Waals surface area contributed by atoms with Crippen LogP contribution < -0.4 is 5.32 Å². The van der Waals surface area contributed by atoms with Crippen molar-refractivity contribution in [1.29, 1.82) is 0 Å². The summed E-state index contributed by atoms with van der Waals surface area (Å²) in [7, 11) is 0. The molecule has 0 saturated heterocycles. The molecule has 2 aromatic heterocycles. The van der Waals surface area contributed by atoms with Crippen molar-refractivity contribution in [1.82, 2.24) is 15.2 Å². The van der Waals surface area contributed by atoms with E-state index in [1.807, 2.05) is 61.5 Å². The van der Waals surface area contributed by atoms with Crippen LogP contribution in [0.4, 0.5) is 5.69 Å². The Bertz CT molecular complexity index is 1390. The average Bonchev–Trinajstić information content (AvgIpc) is 3.30. The van der Waals surface area contributed by atoms with Gasteiger partial charge in [-0.25, -0.2) is 0 Å². The molecule has 0 unspecified atom stereocenters. The zero-order valence-electron chi connectivity index (χ0n) is 16.7. The molecule has 150 valence electrons. The lowest BCUT2D eigenvalue weighted by Crippen LogP contribution is -2.12. The van der Waals surface area contributed by atoms with Gasteiger partial charge in [-0.15, -0.1) is 10.2 Å². The summed E-state index contributed by atoms with van der Waals surface area (Å²) in [4.78, 5) is 17.1. The van der Waals surface area contributed by atoms with Gasteiger partial charge in [0, 0.05) is 28.3 Å². The number of anilines is 1. The molecule has 0 radical (unpaired) electrons. The number of nitrogens with zero attached hydrogens (tertiary/aromatic N) is 3. The van der Waals surface area contributed by atoms with Gasteiger partial charge in [0.25, 0.3) is 5.91 Å². The number of nitrogens with one attached hydrogen (secondary N) is 1. The van der Waals surface area contributed by atoms with Crippen LogP contribution in [0.3, 0.4) is 0 Å². The Morgan fingerprint density at radius 1 is 0.839 bits per heavy atom. The quantitative estimate of drug-likeness (QED) is 0.425. The highest BCUT2D eigenvalue weighted by Crippen LogP contribution is 2.25. The molecule has 0 atom stereocenters. The minimum absolute atomic E-state index is 0.212. The minimum atomic E-state index is -0.212. The third kappa shape index (κ3) is 3.79. The van der Waals surface area contributed by atoms with Crippen LogP contribution in [0.25, 0.3) is 33.8 Å². The van der Waals surface area contributed by atoms with Crippen LogP contribution in [0.5, 0.6) is 0 Å². The molecule has 5 rings (SSSR count). The first-order chi connectivity index (χ1) is 15.2. The van der Waals surface area contributed by atoms with Gasteiger partial charge in [-0.05, 0) is 55.5 Å². The van der Waals surface area contributed by atoms with E-state index in [1.165, 1.54) is 0 Å². The Labute approximate surface area is 178 Å². The molecule has 0 aliphatic carbocycles. The van der Waals surface area contributed by atoms with Crippen LogP contribution in [0.2, 0.25) is 0 Å². The second kappa shape index (κ2) is 7.84. The number of carbonyl (C=O) groups is 1. The molecular weight excluding hydrogens is 388 g/mol. The number of pyridine rings is 1. The van der Waals surface area contributed by atoms with Crippen LogP contribution in [0, 0.1) is 6.92 Å². The van der Waals surface area contributed by atoms with E-state index in [9.17, 15) is 4.79 Å². The fourth-order valence-corrected chi connectivity index (χ4v) is 3.40. The van der Waals surface area contributed by atoms with Gasteiger partial charge in [0.2, 0.25) is 11.8 Å². The average molecular weight is 406 g/mol. The zero-order chi connectivity index (χ0) is 21.2. The van der Waals surface area contributed by atoms with Crippen molar-refractivity contribution in [3.05, 3.63) is 96.2 Å². The van der Waals surface area contributed by atoms with E-state index in [0.29, 0.717) is 23.0 Å². The maximum absolute atomic E-state index is 12.7. The van der Waals surface area contributed by atoms with E-state index in [2.05, 4.69) is 20.5 Å². The van der Waals surface area contributed by atoms with Crippen molar-refractivity contribution in [2.45, 2.75) is 6.92 Å². The normalized spacial score (nSPS) is 10.9. The number of carbonyl (C=O) groups excluding carboxylic acids is 1. The summed E-state index contributed by atoms with van der Waals surface area (Å²) in [6, 6.07) is 24.5.